The zero-order chi connectivity index (χ0) is 10.7. The Morgan fingerprint density at radius 3 is 2.67 bits per heavy atom. The predicted octanol–water partition coefficient (Wildman–Crippen LogP) is 1.20. The lowest BCUT2D eigenvalue weighted by molar-refractivity contribution is 0.669. The Kier molecular flexibility index (Phi) is 3.08. The van der Waals surface area contributed by atoms with Crippen LogP contribution in [-0.2, 0) is 6.42 Å². The summed E-state index contributed by atoms with van der Waals surface area (Å²) < 4.78 is 1.05. The molecule has 15 heavy (non-hydrogen) atoms. The number of aromatic amines is 1. The molecule has 0 saturated carbocycles. The van der Waals surface area contributed by atoms with Crippen LogP contribution < -0.4 is 5.73 Å². The number of nitrogens with two attached hydrogens (primary N) is 1. The van der Waals surface area contributed by atoms with Crippen molar-refractivity contribution in [2.24, 2.45) is 5.73 Å². The Morgan fingerprint density at radius 1 is 1.33 bits per heavy atom. The zero-order valence-electron chi connectivity index (χ0n) is 7.89. The molecule has 1 unspecified atom stereocenters. The van der Waals surface area contributed by atoms with E-state index < -0.39 is 0 Å². The van der Waals surface area contributed by atoms with Gasteiger partial charge in [-0.1, -0.05) is 33.3 Å². The van der Waals surface area contributed by atoms with Gasteiger partial charge >= 0.3 is 0 Å². The third-order valence-corrected chi connectivity index (χ3v) is 2.59. The maximum absolute atomic E-state index is 5.91. The van der Waals surface area contributed by atoms with Crippen LogP contribution in [0.2, 0.25) is 0 Å². The van der Waals surface area contributed by atoms with Gasteiger partial charge in [-0.3, -0.25) is 0 Å². The van der Waals surface area contributed by atoms with Crippen LogP contribution in [0.3, 0.4) is 0 Å². The lowest BCUT2D eigenvalue weighted by Crippen LogP contribution is -2.15. The molecular weight excluding hydrogens is 258 g/mol. The molecule has 0 spiro atoms. The van der Waals surface area contributed by atoms with Crippen LogP contribution in [0, 0.1) is 0 Å². The molecule has 0 radical (unpaired) electrons. The van der Waals surface area contributed by atoms with Crippen LogP contribution in [-0.4, -0.2) is 20.6 Å². The highest BCUT2D eigenvalue weighted by atomic mass is 79.9. The SMILES string of the molecule is NC(Cc1ccc(Br)cc1)c1nn[nH]n1. The number of tetrazole rings is 1. The molecule has 1 aromatic heterocycles. The molecule has 0 aliphatic rings. The predicted molar refractivity (Wildman–Crippen MR) is 59.0 cm³/mol. The van der Waals surface area contributed by atoms with Gasteiger partial charge in [0.25, 0.3) is 0 Å². The van der Waals surface area contributed by atoms with E-state index in [1.807, 2.05) is 24.3 Å². The number of rotatable bonds is 3. The molecule has 3 N–H and O–H groups in total. The largest absolute Gasteiger partial charge is 0.321 e. The minimum Gasteiger partial charge on any atom is -0.321 e. The summed E-state index contributed by atoms with van der Waals surface area (Å²) in [7, 11) is 0. The summed E-state index contributed by atoms with van der Waals surface area (Å²) in [4.78, 5) is 0. The van der Waals surface area contributed by atoms with Crippen molar-refractivity contribution in [2.45, 2.75) is 12.5 Å². The van der Waals surface area contributed by atoms with Crippen molar-refractivity contribution in [2.75, 3.05) is 0 Å². The van der Waals surface area contributed by atoms with Gasteiger partial charge in [0.1, 0.15) is 0 Å². The average molecular weight is 268 g/mol. The van der Waals surface area contributed by atoms with Gasteiger partial charge in [0.2, 0.25) is 0 Å². The Hall–Kier alpha value is -1.27. The van der Waals surface area contributed by atoms with Crippen LogP contribution in [0.1, 0.15) is 17.4 Å². The van der Waals surface area contributed by atoms with Crippen LogP contribution in [0.15, 0.2) is 28.7 Å². The van der Waals surface area contributed by atoms with E-state index in [4.69, 9.17) is 5.73 Å². The van der Waals surface area contributed by atoms with E-state index in [9.17, 15) is 0 Å². The number of aromatic nitrogens is 4. The highest BCUT2D eigenvalue weighted by Crippen LogP contribution is 2.15. The third-order valence-electron chi connectivity index (χ3n) is 2.06. The molecule has 0 bridgehead atoms. The topological polar surface area (TPSA) is 80.5 Å². The highest BCUT2D eigenvalue weighted by molar-refractivity contribution is 9.10. The van der Waals surface area contributed by atoms with Crippen molar-refractivity contribution < 1.29 is 0 Å². The number of hydrogen-bond donors (Lipinski definition) is 2. The van der Waals surface area contributed by atoms with Crippen molar-refractivity contribution in [3.8, 4) is 0 Å². The molecule has 78 valence electrons. The number of nitrogens with one attached hydrogen (secondary N) is 1. The Labute approximate surface area is 95.2 Å². The van der Waals surface area contributed by atoms with Gasteiger partial charge in [-0.25, -0.2) is 0 Å². The van der Waals surface area contributed by atoms with Crippen molar-refractivity contribution in [3.63, 3.8) is 0 Å². The Morgan fingerprint density at radius 2 is 2.07 bits per heavy atom. The van der Waals surface area contributed by atoms with Gasteiger partial charge in [0, 0.05) is 4.47 Å². The van der Waals surface area contributed by atoms with E-state index in [-0.39, 0.29) is 6.04 Å². The fourth-order valence-corrected chi connectivity index (χ4v) is 1.56. The lowest BCUT2D eigenvalue weighted by Gasteiger charge is -2.06. The van der Waals surface area contributed by atoms with Gasteiger partial charge in [-0.2, -0.15) is 5.21 Å². The zero-order valence-corrected chi connectivity index (χ0v) is 9.48. The van der Waals surface area contributed by atoms with E-state index in [0.29, 0.717) is 12.2 Å². The molecule has 0 amide bonds. The van der Waals surface area contributed by atoms with E-state index in [0.717, 1.165) is 10.0 Å². The van der Waals surface area contributed by atoms with Gasteiger partial charge in [-0.05, 0) is 24.1 Å². The van der Waals surface area contributed by atoms with Crippen LogP contribution in [0.25, 0.3) is 0 Å². The van der Waals surface area contributed by atoms with E-state index in [2.05, 4.69) is 36.6 Å². The second-order valence-corrected chi connectivity index (χ2v) is 4.12. The van der Waals surface area contributed by atoms with E-state index in [1.54, 1.807) is 0 Å². The van der Waals surface area contributed by atoms with Gasteiger partial charge in [-0.15, -0.1) is 10.2 Å². The molecule has 1 heterocycles. The first kappa shape index (κ1) is 10.3. The number of nitrogens with zero attached hydrogens (tertiary/aromatic N) is 3. The number of H-pyrrole nitrogens is 1. The first-order chi connectivity index (χ1) is 7.25. The summed E-state index contributed by atoms with van der Waals surface area (Å²) in [6, 6.07) is 7.79. The minimum absolute atomic E-state index is 0.218. The molecule has 0 aliphatic heterocycles. The normalized spacial score (nSPS) is 12.7. The standard InChI is InChI=1S/C9H10BrN5/c10-7-3-1-6(2-4-7)5-8(11)9-12-14-15-13-9/h1-4,8H,5,11H2,(H,12,13,14,15). The summed E-state index contributed by atoms with van der Waals surface area (Å²) in [6.45, 7) is 0. The second kappa shape index (κ2) is 4.50. The number of benzene rings is 1. The maximum atomic E-state index is 5.91. The molecule has 2 aromatic rings. The molecule has 0 saturated heterocycles. The summed E-state index contributed by atoms with van der Waals surface area (Å²) in [6.07, 6.45) is 0.701. The first-order valence-corrected chi connectivity index (χ1v) is 5.28. The van der Waals surface area contributed by atoms with Gasteiger partial charge < -0.3 is 5.73 Å². The molecule has 1 atom stereocenters. The minimum atomic E-state index is -0.218. The van der Waals surface area contributed by atoms with Crippen LogP contribution in [0.4, 0.5) is 0 Å². The smallest absolute Gasteiger partial charge is 0.191 e. The van der Waals surface area contributed by atoms with Crippen LogP contribution in [0.5, 0.6) is 0 Å². The van der Waals surface area contributed by atoms with Crippen molar-refractivity contribution in [3.05, 3.63) is 40.1 Å². The quantitative estimate of drug-likeness (QED) is 0.876. The molecule has 0 aliphatic carbocycles. The third kappa shape index (κ3) is 2.60. The summed E-state index contributed by atoms with van der Waals surface area (Å²) >= 11 is 3.38. The fourth-order valence-electron chi connectivity index (χ4n) is 1.29. The van der Waals surface area contributed by atoms with Crippen molar-refractivity contribution in [1.29, 1.82) is 0 Å². The Balaban J connectivity index is 2.06. The molecule has 2 rings (SSSR count). The molecule has 6 heteroatoms. The Bertz CT molecular complexity index is 411. The molecule has 1 aromatic carbocycles. The second-order valence-electron chi connectivity index (χ2n) is 3.21. The van der Waals surface area contributed by atoms with Crippen molar-refractivity contribution >= 4 is 15.9 Å². The van der Waals surface area contributed by atoms with Gasteiger partial charge in [0.05, 0.1) is 6.04 Å². The monoisotopic (exact) mass is 267 g/mol. The fraction of sp³-hybridized carbons (Fsp3) is 0.222. The van der Waals surface area contributed by atoms with E-state index in [1.165, 1.54) is 0 Å². The maximum Gasteiger partial charge on any atom is 0.191 e. The number of hydrogen-bond acceptors (Lipinski definition) is 4. The molecule has 0 fully saturated rings. The molecule has 5 nitrogen and oxygen atoms in total. The number of halogens is 1. The van der Waals surface area contributed by atoms with Gasteiger partial charge in [0.15, 0.2) is 5.82 Å². The molecular formula is C9H10BrN5. The summed E-state index contributed by atoms with van der Waals surface area (Å²) in [5.74, 6) is 0.540. The average Bonchev–Trinajstić information content (AvgIpc) is 2.74. The lowest BCUT2D eigenvalue weighted by atomic mass is 10.1. The summed E-state index contributed by atoms with van der Waals surface area (Å²) in [5.41, 5.74) is 7.06. The van der Waals surface area contributed by atoms with E-state index >= 15 is 0 Å². The summed E-state index contributed by atoms with van der Waals surface area (Å²) in [5, 5.41) is 13.6. The highest BCUT2D eigenvalue weighted by Gasteiger charge is 2.11. The van der Waals surface area contributed by atoms with Crippen LogP contribution >= 0.6 is 15.9 Å². The van der Waals surface area contributed by atoms with Crippen molar-refractivity contribution in [1.82, 2.24) is 20.6 Å². The first-order valence-electron chi connectivity index (χ1n) is 4.49.